The topological polar surface area (TPSA) is 76.7 Å². The Balaban J connectivity index is 1.34. The van der Waals surface area contributed by atoms with Gasteiger partial charge < -0.3 is 20.1 Å². The van der Waals surface area contributed by atoms with Gasteiger partial charge in [-0.25, -0.2) is 4.39 Å². The number of fused-ring (bicyclic) bond motifs is 1. The van der Waals surface area contributed by atoms with Crippen molar-refractivity contribution in [3.63, 3.8) is 0 Å². The molecule has 2 amide bonds. The molecule has 2 N–H and O–H groups in total. The SMILES string of the molecule is O=C(Nc1cccc(SC(C(=O)Nc2ccc3c(c2)OCCO3)c2ccccc2)c1)c1ccc(F)cc1. The fourth-order valence-electron chi connectivity index (χ4n) is 3.82. The molecule has 5 rings (SSSR count). The Kier molecular flexibility index (Phi) is 7.37. The number of anilines is 2. The highest BCUT2D eigenvalue weighted by atomic mass is 32.2. The van der Waals surface area contributed by atoms with Crippen LogP contribution < -0.4 is 20.1 Å². The van der Waals surface area contributed by atoms with Gasteiger partial charge in [0.25, 0.3) is 5.91 Å². The van der Waals surface area contributed by atoms with Crippen LogP contribution in [0.5, 0.6) is 11.5 Å². The minimum Gasteiger partial charge on any atom is -0.486 e. The second-order valence-corrected chi connectivity index (χ2v) is 9.42. The van der Waals surface area contributed by atoms with Crippen LogP contribution in [0.3, 0.4) is 0 Å². The zero-order valence-electron chi connectivity index (χ0n) is 19.6. The summed E-state index contributed by atoms with van der Waals surface area (Å²) < 4.78 is 24.4. The normalized spacial score (nSPS) is 12.9. The third kappa shape index (κ3) is 6.10. The quantitative estimate of drug-likeness (QED) is 0.282. The van der Waals surface area contributed by atoms with Crippen LogP contribution in [0.2, 0.25) is 0 Å². The second kappa shape index (κ2) is 11.2. The van der Waals surface area contributed by atoms with Crippen LogP contribution in [0.25, 0.3) is 0 Å². The van der Waals surface area contributed by atoms with Crippen LogP contribution in [0, 0.1) is 5.82 Å². The summed E-state index contributed by atoms with van der Waals surface area (Å²) in [7, 11) is 0. The summed E-state index contributed by atoms with van der Waals surface area (Å²) in [5, 5.41) is 5.26. The third-order valence-electron chi connectivity index (χ3n) is 5.60. The highest BCUT2D eigenvalue weighted by molar-refractivity contribution is 8.00. The van der Waals surface area contributed by atoms with Gasteiger partial charge in [-0.1, -0.05) is 36.4 Å². The maximum Gasteiger partial charge on any atom is 0.255 e. The monoisotopic (exact) mass is 514 g/mol. The average Bonchev–Trinajstić information content (AvgIpc) is 2.92. The predicted octanol–water partition coefficient (Wildman–Crippen LogP) is 6.32. The van der Waals surface area contributed by atoms with Crippen molar-refractivity contribution in [2.75, 3.05) is 23.8 Å². The van der Waals surface area contributed by atoms with Gasteiger partial charge in [0.2, 0.25) is 5.91 Å². The molecule has 0 aromatic heterocycles. The number of nitrogens with one attached hydrogen (secondary N) is 2. The van der Waals surface area contributed by atoms with Gasteiger partial charge in [-0.05, 0) is 60.2 Å². The predicted molar refractivity (Wildman–Crippen MR) is 142 cm³/mol. The largest absolute Gasteiger partial charge is 0.486 e. The maximum absolute atomic E-state index is 13.5. The molecule has 1 unspecified atom stereocenters. The van der Waals surface area contributed by atoms with Crippen molar-refractivity contribution in [2.45, 2.75) is 10.1 Å². The minimum atomic E-state index is -0.558. The van der Waals surface area contributed by atoms with Gasteiger partial charge in [0.1, 0.15) is 24.3 Å². The van der Waals surface area contributed by atoms with Gasteiger partial charge in [-0.3, -0.25) is 9.59 Å². The zero-order chi connectivity index (χ0) is 25.6. The van der Waals surface area contributed by atoms with Crippen molar-refractivity contribution in [1.29, 1.82) is 0 Å². The first-order valence-electron chi connectivity index (χ1n) is 11.6. The molecule has 37 heavy (non-hydrogen) atoms. The van der Waals surface area contributed by atoms with Crippen molar-refractivity contribution >= 4 is 35.0 Å². The number of benzene rings is 4. The van der Waals surface area contributed by atoms with Crippen molar-refractivity contribution in [1.82, 2.24) is 0 Å². The highest BCUT2D eigenvalue weighted by Gasteiger charge is 2.23. The Morgan fingerprint density at radius 2 is 1.49 bits per heavy atom. The molecule has 0 saturated carbocycles. The number of amides is 2. The van der Waals surface area contributed by atoms with Crippen LogP contribution >= 0.6 is 11.8 Å². The summed E-state index contributed by atoms with van der Waals surface area (Å²) >= 11 is 1.37. The number of carbonyl (C=O) groups is 2. The van der Waals surface area contributed by atoms with Gasteiger partial charge in [0.05, 0.1) is 0 Å². The van der Waals surface area contributed by atoms with E-state index in [1.807, 2.05) is 42.5 Å². The fraction of sp³-hybridized carbons (Fsp3) is 0.103. The highest BCUT2D eigenvalue weighted by Crippen LogP contribution is 2.38. The molecular weight excluding hydrogens is 491 g/mol. The molecule has 1 aliphatic rings. The molecule has 1 atom stereocenters. The molecule has 1 heterocycles. The molecule has 0 fully saturated rings. The molecule has 6 nitrogen and oxygen atoms in total. The van der Waals surface area contributed by atoms with E-state index in [-0.39, 0.29) is 11.8 Å². The Hall–Kier alpha value is -4.30. The lowest BCUT2D eigenvalue weighted by Gasteiger charge is -2.20. The molecule has 0 spiro atoms. The summed E-state index contributed by atoms with van der Waals surface area (Å²) in [6, 6.07) is 27.4. The Bertz CT molecular complexity index is 1410. The first-order valence-corrected chi connectivity index (χ1v) is 12.5. The van der Waals surface area contributed by atoms with Crippen LogP contribution in [0.1, 0.15) is 21.2 Å². The molecule has 0 bridgehead atoms. The van der Waals surface area contributed by atoms with Gasteiger partial charge in [-0.2, -0.15) is 0 Å². The number of thioether (sulfide) groups is 1. The summed E-state index contributed by atoms with van der Waals surface area (Å²) in [5.41, 5.74) is 2.36. The average molecular weight is 515 g/mol. The van der Waals surface area contributed by atoms with E-state index in [1.165, 1.54) is 36.0 Å². The molecule has 186 valence electrons. The van der Waals surface area contributed by atoms with Crippen LogP contribution in [-0.2, 0) is 4.79 Å². The second-order valence-electron chi connectivity index (χ2n) is 8.25. The van der Waals surface area contributed by atoms with Crippen LogP contribution in [-0.4, -0.2) is 25.0 Å². The lowest BCUT2D eigenvalue weighted by Crippen LogP contribution is -2.20. The molecule has 0 saturated heterocycles. The van der Waals surface area contributed by atoms with Crippen LogP contribution in [0.4, 0.5) is 15.8 Å². The number of hydrogen-bond donors (Lipinski definition) is 2. The number of carbonyl (C=O) groups excluding carboxylic acids is 2. The van der Waals surface area contributed by atoms with E-state index < -0.39 is 11.1 Å². The first-order chi connectivity index (χ1) is 18.0. The van der Waals surface area contributed by atoms with Gasteiger partial charge >= 0.3 is 0 Å². The van der Waals surface area contributed by atoms with Crippen molar-refractivity contribution < 1.29 is 23.5 Å². The molecule has 0 radical (unpaired) electrons. The molecule has 4 aromatic rings. The van der Waals surface area contributed by atoms with E-state index >= 15 is 0 Å². The molecule has 1 aliphatic heterocycles. The first kappa shape index (κ1) is 24.4. The Morgan fingerprint density at radius 3 is 2.27 bits per heavy atom. The number of rotatable bonds is 7. The summed E-state index contributed by atoms with van der Waals surface area (Å²) in [4.78, 5) is 26.8. The number of hydrogen-bond acceptors (Lipinski definition) is 5. The van der Waals surface area contributed by atoms with Gasteiger partial charge in [0, 0.05) is 27.9 Å². The van der Waals surface area contributed by atoms with Gasteiger partial charge in [-0.15, -0.1) is 11.8 Å². The Labute approximate surface area is 217 Å². The van der Waals surface area contributed by atoms with Crippen LogP contribution in [0.15, 0.2) is 102 Å². The van der Waals surface area contributed by atoms with Gasteiger partial charge in [0.15, 0.2) is 11.5 Å². The van der Waals surface area contributed by atoms with Crippen molar-refractivity contribution in [3.05, 3.63) is 114 Å². The van der Waals surface area contributed by atoms with E-state index in [0.29, 0.717) is 41.7 Å². The van der Waals surface area contributed by atoms with E-state index in [4.69, 9.17) is 9.47 Å². The standard InChI is InChI=1S/C29H23FN2O4S/c30-21-11-9-20(10-12-21)28(33)31-22-7-4-8-24(17-22)37-27(19-5-2-1-3-6-19)29(34)32-23-13-14-25-26(18-23)36-16-15-35-25/h1-14,17-18,27H,15-16H2,(H,31,33)(H,32,34). The zero-order valence-corrected chi connectivity index (χ0v) is 20.5. The fourth-order valence-corrected chi connectivity index (χ4v) is 4.90. The summed E-state index contributed by atoms with van der Waals surface area (Å²) in [6.45, 7) is 0.954. The molecular formula is C29H23FN2O4S. The minimum absolute atomic E-state index is 0.200. The third-order valence-corrected chi connectivity index (χ3v) is 6.85. The van der Waals surface area contributed by atoms with E-state index in [9.17, 15) is 14.0 Å². The lowest BCUT2D eigenvalue weighted by atomic mass is 10.1. The molecule has 0 aliphatic carbocycles. The van der Waals surface area contributed by atoms with E-state index in [0.717, 1.165) is 10.5 Å². The number of ether oxygens (including phenoxy) is 2. The maximum atomic E-state index is 13.5. The smallest absolute Gasteiger partial charge is 0.255 e. The van der Waals surface area contributed by atoms with Crippen molar-refractivity contribution in [2.24, 2.45) is 0 Å². The lowest BCUT2D eigenvalue weighted by molar-refractivity contribution is -0.115. The summed E-state index contributed by atoms with van der Waals surface area (Å²) in [5.74, 6) is 0.290. The molecule has 4 aromatic carbocycles. The summed E-state index contributed by atoms with van der Waals surface area (Å²) in [6.07, 6.45) is 0. The van der Waals surface area contributed by atoms with E-state index in [2.05, 4.69) is 10.6 Å². The van der Waals surface area contributed by atoms with E-state index in [1.54, 1.807) is 30.3 Å². The Morgan fingerprint density at radius 1 is 0.757 bits per heavy atom. The van der Waals surface area contributed by atoms with Crippen molar-refractivity contribution in [3.8, 4) is 11.5 Å². The molecule has 8 heteroatoms. The number of halogens is 1.